The largest absolute Gasteiger partial charge is 0.489 e. The lowest BCUT2D eigenvalue weighted by atomic mass is 10.1. The Balaban J connectivity index is 2.15. The fraction of sp³-hybridized carbons (Fsp3) is 0.188. The van der Waals surface area contributed by atoms with E-state index in [0.29, 0.717) is 23.8 Å². The van der Waals surface area contributed by atoms with Gasteiger partial charge in [-0.15, -0.1) is 11.6 Å². The molecule has 0 N–H and O–H groups in total. The van der Waals surface area contributed by atoms with Crippen LogP contribution in [0.2, 0.25) is 0 Å². The van der Waals surface area contributed by atoms with Gasteiger partial charge in [-0.3, -0.25) is 4.79 Å². The van der Waals surface area contributed by atoms with Gasteiger partial charge in [-0.1, -0.05) is 30.3 Å². The van der Waals surface area contributed by atoms with Gasteiger partial charge in [0, 0.05) is 11.4 Å². The average molecular weight is 275 g/mol. The van der Waals surface area contributed by atoms with Crippen molar-refractivity contribution >= 4 is 17.4 Å². The molecule has 19 heavy (non-hydrogen) atoms. The molecule has 2 aromatic carbocycles. The third-order valence-corrected chi connectivity index (χ3v) is 3.08. The minimum absolute atomic E-state index is 0.0107. The van der Waals surface area contributed by atoms with Gasteiger partial charge in [0.05, 0.1) is 0 Å². The van der Waals surface area contributed by atoms with Crippen molar-refractivity contribution in [2.45, 2.75) is 19.4 Å². The van der Waals surface area contributed by atoms with E-state index in [0.717, 1.165) is 11.1 Å². The van der Waals surface area contributed by atoms with Gasteiger partial charge in [-0.05, 0) is 36.2 Å². The summed E-state index contributed by atoms with van der Waals surface area (Å²) in [6.07, 6.45) is 0. The van der Waals surface area contributed by atoms with Crippen LogP contribution >= 0.6 is 11.6 Å². The van der Waals surface area contributed by atoms with Crippen molar-refractivity contribution in [3.63, 3.8) is 0 Å². The van der Waals surface area contributed by atoms with Crippen molar-refractivity contribution in [3.05, 3.63) is 65.2 Å². The molecule has 2 nitrogen and oxygen atoms in total. The average Bonchev–Trinajstić information content (AvgIpc) is 2.45. The van der Waals surface area contributed by atoms with Crippen LogP contribution in [0.3, 0.4) is 0 Å². The fourth-order valence-electron chi connectivity index (χ4n) is 1.77. The Labute approximate surface area is 118 Å². The Morgan fingerprint density at radius 2 is 1.84 bits per heavy atom. The minimum atomic E-state index is 0.0107. The first-order valence-corrected chi connectivity index (χ1v) is 6.60. The number of Topliss-reactive ketones (excluding diaryl/α,β-unsaturated/α-hetero) is 1. The van der Waals surface area contributed by atoms with Gasteiger partial charge in [-0.2, -0.15) is 0 Å². The predicted molar refractivity (Wildman–Crippen MR) is 76.8 cm³/mol. The van der Waals surface area contributed by atoms with Gasteiger partial charge in [0.15, 0.2) is 5.78 Å². The van der Waals surface area contributed by atoms with Gasteiger partial charge >= 0.3 is 0 Å². The number of benzene rings is 2. The van der Waals surface area contributed by atoms with E-state index in [-0.39, 0.29) is 5.78 Å². The zero-order chi connectivity index (χ0) is 13.7. The molecule has 98 valence electrons. The Morgan fingerprint density at radius 3 is 2.47 bits per heavy atom. The standard InChI is InChI=1S/C16H15ClO2/c1-12(18)15-7-14(10-17)8-16(9-15)19-11-13-5-3-2-4-6-13/h2-9H,10-11H2,1H3. The highest BCUT2D eigenvalue weighted by Gasteiger charge is 2.05. The molecule has 2 rings (SSSR count). The van der Waals surface area contributed by atoms with Crippen LogP contribution in [0.4, 0.5) is 0 Å². The molecule has 0 bridgehead atoms. The molecule has 3 heteroatoms. The van der Waals surface area contributed by atoms with Crippen LogP contribution in [0, 0.1) is 0 Å². The van der Waals surface area contributed by atoms with Gasteiger partial charge in [0.25, 0.3) is 0 Å². The molecular formula is C16H15ClO2. The molecule has 0 aliphatic carbocycles. The van der Waals surface area contributed by atoms with Crippen LogP contribution in [-0.4, -0.2) is 5.78 Å². The maximum Gasteiger partial charge on any atom is 0.159 e. The van der Waals surface area contributed by atoms with Gasteiger partial charge in [-0.25, -0.2) is 0 Å². The van der Waals surface area contributed by atoms with Crippen molar-refractivity contribution < 1.29 is 9.53 Å². The summed E-state index contributed by atoms with van der Waals surface area (Å²) >= 11 is 5.83. The predicted octanol–water partition coefficient (Wildman–Crippen LogP) is 4.21. The second-order valence-corrected chi connectivity index (χ2v) is 4.60. The normalized spacial score (nSPS) is 10.2. The first kappa shape index (κ1) is 13.6. The summed E-state index contributed by atoms with van der Waals surface area (Å²) < 4.78 is 5.71. The highest BCUT2D eigenvalue weighted by Crippen LogP contribution is 2.20. The van der Waals surface area contributed by atoms with E-state index in [1.165, 1.54) is 6.92 Å². The summed E-state index contributed by atoms with van der Waals surface area (Å²) in [5.74, 6) is 1.05. The number of carbonyl (C=O) groups is 1. The van der Waals surface area contributed by atoms with Crippen molar-refractivity contribution in [2.75, 3.05) is 0 Å². The summed E-state index contributed by atoms with van der Waals surface area (Å²) in [6.45, 7) is 2.01. The first-order chi connectivity index (χ1) is 9.19. The zero-order valence-corrected chi connectivity index (χ0v) is 11.5. The van der Waals surface area contributed by atoms with Crippen LogP contribution in [0.1, 0.15) is 28.4 Å². The van der Waals surface area contributed by atoms with E-state index < -0.39 is 0 Å². The molecule has 0 unspecified atom stereocenters. The number of halogens is 1. The van der Waals surface area contributed by atoms with Crippen LogP contribution in [0.15, 0.2) is 48.5 Å². The molecule has 0 aromatic heterocycles. The van der Waals surface area contributed by atoms with Crippen LogP contribution in [0.25, 0.3) is 0 Å². The number of hydrogen-bond donors (Lipinski definition) is 0. The number of rotatable bonds is 5. The molecule has 0 saturated heterocycles. The molecule has 0 atom stereocenters. The third kappa shape index (κ3) is 3.83. The molecule has 0 aliphatic heterocycles. The van der Waals surface area contributed by atoms with E-state index in [1.807, 2.05) is 36.4 Å². The van der Waals surface area contributed by atoms with E-state index in [4.69, 9.17) is 16.3 Å². The number of carbonyl (C=O) groups excluding carboxylic acids is 1. The Bertz CT molecular complexity index is 564. The maximum absolute atomic E-state index is 11.4. The second-order valence-electron chi connectivity index (χ2n) is 4.33. The lowest BCUT2D eigenvalue weighted by molar-refractivity contribution is 0.101. The summed E-state index contributed by atoms with van der Waals surface area (Å²) in [7, 11) is 0. The molecule has 0 radical (unpaired) electrons. The smallest absolute Gasteiger partial charge is 0.159 e. The number of ketones is 1. The second kappa shape index (κ2) is 6.39. The van der Waals surface area contributed by atoms with Crippen molar-refractivity contribution in [1.82, 2.24) is 0 Å². The van der Waals surface area contributed by atoms with Crippen molar-refractivity contribution in [2.24, 2.45) is 0 Å². The molecule has 0 spiro atoms. The van der Waals surface area contributed by atoms with Crippen molar-refractivity contribution in [3.8, 4) is 5.75 Å². The van der Waals surface area contributed by atoms with E-state index >= 15 is 0 Å². The number of hydrogen-bond acceptors (Lipinski definition) is 2. The zero-order valence-electron chi connectivity index (χ0n) is 10.7. The molecule has 0 saturated carbocycles. The molecule has 0 heterocycles. The Morgan fingerprint density at radius 1 is 1.11 bits per heavy atom. The summed E-state index contributed by atoms with van der Waals surface area (Å²) in [6, 6.07) is 15.3. The van der Waals surface area contributed by atoms with Gasteiger partial charge in [0.2, 0.25) is 0 Å². The quantitative estimate of drug-likeness (QED) is 0.603. The molecule has 0 fully saturated rings. The lowest BCUT2D eigenvalue weighted by Gasteiger charge is -2.09. The molecular weight excluding hydrogens is 260 g/mol. The summed E-state index contributed by atoms with van der Waals surface area (Å²) in [5.41, 5.74) is 2.60. The Kier molecular flexibility index (Phi) is 4.58. The van der Waals surface area contributed by atoms with Crippen LogP contribution in [-0.2, 0) is 12.5 Å². The third-order valence-electron chi connectivity index (χ3n) is 2.78. The van der Waals surface area contributed by atoms with Gasteiger partial charge < -0.3 is 4.74 Å². The summed E-state index contributed by atoms with van der Waals surface area (Å²) in [4.78, 5) is 11.4. The SMILES string of the molecule is CC(=O)c1cc(CCl)cc(OCc2ccccc2)c1. The van der Waals surface area contributed by atoms with Crippen LogP contribution < -0.4 is 4.74 Å². The van der Waals surface area contributed by atoms with E-state index in [2.05, 4.69) is 0 Å². The van der Waals surface area contributed by atoms with Gasteiger partial charge in [0.1, 0.15) is 12.4 Å². The molecule has 2 aromatic rings. The van der Waals surface area contributed by atoms with Crippen molar-refractivity contribution in [1.29, 1.82) is 0 Å². The fourth-order valence-corrected chi connectivity index (χ4v) is 1.92. The minimum Gasteiger partial charge on any atom is -0.489 e. The number of ether oxygens (including phenoxy) is 1. The number of alkyl halides is 1. The topological polar surface area (TPSA) is 26.3 Å². The van der Waals surface area contributed by atoms with E-state index in [9.17, 15) is 4.79 Å². The maximum atomic E-state index is 11.4. The monoisotopic (exact) mass is 274 g/mol. The molecule has 0 aliphatic rings. The highest BCUT2D eigenvalue weighted by atomic mass is 35.5. The first-order valence-electron chi connectivity index (χ1n) is 6.06. The van der Waals surface area contributed by atoms with E-state index in [1.54, 1.807) is 12.1 Å². The lowest BCUT2D eigenvalue weighted by Crippen LogP contribution is -1.99. The summed E-state index contributed by atoms with van der Waals surface area (Å²) in [5, 5.41) is 0. The Hall–Kier alpha value is -1.80. The molecule has 0 amide bonds. The highest BCUT2D eigenvalue weighted by molar-refractivity contribution is 6.17. The van der Waals surface area contributed by atoms with Crippen LogP contribution in [0.5, 0.6) is 5.75 Å².